The van der Waals surface area contributed by atoms with E-state index in [1.807, 2.05) is 0 Å². The number of aromatic nitrogens is 2. The molecule has 0 amide bonds. The summed E-state index contributed by atoms with van der Waals surface area (Å²) in [7, 11) is 0. The molecule has 0 bridgehead atoms. The summed E-state index contributed by atoms with van der Waals surface area (Å²) in [4.78, 5) is 17.4. The van der Waals surface area contributed by atoms with Gasteiger partial charge >= 0.3 is 0 Å². The maximum absolute atomic E-state index is 11.1. The van der Waals surface area contributed by atoms with E-state index in [1.54, 1.807) is 0 Å². The molecule has 17 heavy (non-hydrogen) atoms. The van der Waals surface area contributed by atoms with Crippen molar-refractivity contribution in [2.75, 3.05) is 11.9 Å². The first kappa shape index (κ1) is 13.5. The van der Waals surface area contributed by atoms with Gasteiger partial charge in [-0.25, -0.2) is 4.98 Å². The van der Waals surface area contributed by atoms with Crippen LogP contribution in [0.25, 0.3) is 0 Å². The van der Waals surface area contributed by atoms with Gasteiger partial charge in [-0.15, -0.1) is 0 Å². The number of aromatic amines is 1. The summed E-state index contributed by atoms with van der Waals surface area (Å²) in [5.41, 5.74) is -0.512. The Labute approximate surface area is 101 Å². The topological polar surface area (TPSA) is 78.0 Å². The lowest BCUT2D eigenvalue weighted by atomic mass is 10.1. The Bertz CT molecular complexity index is 388. The van der Waals surface area contributed by atoms with E-state index >= 15 is 0 Å². The molecular weight excluding hydrogens is 218 g/mol. The van der Waals surface area contributed by atoms with E-state index in [0.29, 0.717) is 5.95 Å². The van der Waals surface area contributed by atoms with Crippen LogP contribution in [0, 0.1) is 5.92 Å². The molecule has 0 aliphatic heterocycles. The van der Waals surface area contributed by atoms with Crippen LogP contribution in [0.3, 0.4) is 0 Å². The minimum atomic E-state index is -0.512. The summed E-state index contributed by atoms with van der Waals surface area (Å²) < 4.78 is 0. The van der Waals surface area contributed by atoms with E-state index in [1.165, 1.54) is 19.3 Å². The Balaban J connectivity index is 2.18. The van der Waals surface area contributed by atoms with Crippen LogP contribution in [-0.2, 0) is 0 Å². The third-order valence-electron chi connectivity index (χ3n) is 2.53. The number of unbranched alkanes of at least 4 members (excludes halogenated alkanes) is 2. The fourth-order valence-electron chi connectivity index (χ4n) is 1.54. The Morgan fingerprint density at radius 1 is 1.41 bits per heavy atom. The summed E-state index contributed by atoms with van der Waals surface area (Å²) >= 11 is 0. The second-order valence-electron chi connectivity index (χ2n) is 4.62. The van der Waals surface area contributed by atoms with E-state index in [-0.39, 0.29) is 5.75 Å². The van der Waals surface area contributed by atoms with Gasteiger partial charge < -0.3 is 10.4 Å². The lowest BCUT2D eigenvalue weighted by Crippen LogP contribution is -2.12. The molecule has 1 aromatic heterocycles. The Morgan fingerprint density at radius 2 is 2.18 bits per heavy atom. The zero-order valence-corrected chi connectivity index (χ0v) is 10.5. The molecule has 1 rings (SSSR count). The smallest absolute Gasteiger partial charge is 0.294 e. The highest BCUT2D eigenvalue weighted by molar-refractivity contribution is 5.26. The Morgan fingerprint density at radius 3 is 2.82 bits per heavy atom. The standard InChI is InChI=1S/C12H21N3O2/c1-9(2)6-4-3-5-7-13-12-14-8-10(16)11(17)15-12/h8-9,16H,3-7H2,1-2H3,(H2,13,14,15,17). The van der Waals surface area contributed by atoms with E-state index in [2.05, 4.69) is 29.1 Å². The molecule has 0 unspecified atom stereocenters. The highest BCUT2D eigenvalue weighted by Crippen LogP contribution is 2.08. The molecule has 1 aromatic rings. The number of aromatic hydroxyl groups is 1. The van der Waals surface area contributed by atoms with Gasteiger partial charge in [0.15, 0.2) is 5.75 Å². The predicted octanol–water partition coefficient (Wildman–Crippen LogP) is 2.10. The molecule has 5 heteroatoms. The Kier molecular flexibility index (Phi) is 5.52. The molecule has 0 spiro atoms. The molecule has 0 fully saturated rings. The van der Waals surface area contributed by atoms with E-state index in [9.17, 15) is 4.79 Å². The van der Waals surface area contributed by atoms with Crippen molar-refractivity contribution in [1.82, 2.24) is 9.97 Å². The fraction of sp³-hybridized carbons (Fsp3) is 0.667. The van der Waals surface area contributed by atoms with Crippen molar-refractivity contribution in [2.24, 2.45) is 5.92 Å². The largest absolute Gasteiger partial charge is 0.502 e. The van der Waals surface area contributed by atoms with Crippen molar-refractivity contribution in [3.63, 3.8) is 0 Å². The van der Waals surface area contributed by atoms with Gasteiger partial charge in [0, 0.05) is 6.54 Å². The molecule has 0 saturated heterocycles. The molecule has 0 saturated carbocycles. The van der Waals surface area contributed by atoms with Gasteiger partial charge in [0.2, 0.25) is 5.95 Å². The average Bonchev–Trinajstić information content (AvgIpc) is 2.27. The van der Waals surface area contributed by atoms with Crippen molar-refractivity contribution in [3.8, 4) is 5.75 Å². The van der Waals surface area contributed by atoms with Crippen molar-refractivity contribution in [2.45, 2.75) is 39.5 Å². The van der Waals surface area contributed by atoms with Gasteiger partial charge in [0.25, 0.3) is 5.56 Å². The van der Waals surface area contributed by atoms with Gasteiger partial charge in [-0.3, -0.25) is 9.78 Å². The van der Waals surface area contributed by atoms with Crippen molar-refractivity contribution in [3.05, 3.63) is 16.6 Å². The second kappa shape index (κ2) is 6.93. The zero-order chi connectivity index (χ0) is 12.7. The van der Waals surface area contributed by atoms with Crippen molar-refractivity contribution < 1.29 is 5.11 Å². The number of nitrogens with one attached hydrogen (secondary N) is 2. The number of H-pyrrole nitrogens is 1. The van der Waals surface area contributed by atoms with Crippen LogP contribution in [0.4, 0.5) is 5.95 Å². The number of hydrogen-bond donors (Lipinski definition) is 3. The molecule has 0 aliphatic rings. The SMILES string of the molecule is CC(C)CCCCCNc1ncc(O)c(=O)[nH]1. The minimum Gasteiger partial charge on any atom is -0.502 e. The fourth-order valence-corrected chi connectivity index (χ4v) is 1.54. The zero-order valence-electron chi connectivity index (χ0n) is 10.5. The van der Waals surface area contributed by atoms with Crippen LogP contribution in [0.15, 0.2) is 11.0 Å². The monoisotopic (exact) mass is 239 g/mol. The normalized spacial score (nSPS) is 10.8. The van der Waals surface area contributed by atoms with Crippen LogP contribution < -0.4 is 10.9 Å². The summed E-state index contributed by atoms with van der Waals surface area (Å²) in [6.07, 6.45) is 5.87. The van der Waals surface area contributed by atoms with Crippen LogP contribution in [0.2, 0.25) is 0 Å². The molecule has 0 aromatic carbocycles. The molecule has 0 radical (unpaired) electrons. The van der Waals surface area contributed by atoms with Gasteiger partial charge in [0.1, 0.15) is 0 Å². The molecule has 3 N–H and O–H groups in total. The van der Waals surface area contributed by atoms with Gasteiger partial charge in [0.05, 0.1) is 6.20 Å². The quantitative estimate of drug-likeness (QED) is 0.637. The van der Waals surface area contributed by atoms with Crippen LogP contribution in [0.5, 0.6) is 5.75 Å². The third kappa shape index (κ3) is 5.38. The predicted molar refractivity (Wildman–Crippen MR) is 68.3 cm³/mol. The first-order valence-corrected chi connectivity index (χ1v) is 6.11. The molecular formula is C12H21N3O2. The molecule has 0 atom stereocenters. The first-order chi connectivity index (χ1) is 8.09. The van der Waals surface area contributed by atoms with Crippen LogP contribution in [0.1, 0.15) is 39.5 Å². The van der Waals surface area contributed by atoms with Crippen LogP contribution in [-0.4, -0.2) is 21.6 Å². The highest BCUT2D eigenvalue weighted by atomic mass is 16.3. The van der Waals surface area contributed by atoms with Gasteiger partial charge in [-0.2, -0.15) is 0 Å². The Hall–Kier alpha value is -1.52. The van der Waals surface area contributed by atoms with E-state index in [0.717, 1.165) is 25.1 Å². The van der Waals surface area contributed by atoms with E-state index < -0.39 is 5.56 Å². The van der Waals surface area contributed by atoms with Gasteiger partial charge in [-0.05, 0) is 12.3 Å². The maximum atomic E-state index is 11.1. The second-order valence-corrected chi connectivity index (χ2v) is 4.62. The lowest BCUT2D eigenvalue weighted by Gasteiger charge is -2.06. The lowest BCUT2D eigenvalue weighted by molar-refractivity contribution is 0.463. The summed E-state index contributed by atoms with van der Waals surface area (Å²) in [6, 6.07) is 0. The minimum absolute atomic E-state index is 0.354. The number of anilines is 1. The number of hydrogen-bond acceptors (Lipinski definition) is 4. The molecule has 0 aliphatic carbocycles. The van der Waals surface area contributed by atoms with Crippen LogP contribution >= 0.6 is 0 Å². The highest BCUT2D eigenvalue weighted by Gasteiger charge is 1.99. The summed E-state index contributed by atoms with van der Waals surface area (Å²) in [5, 5.41) is 12.0. The number of rotatable bonds is 7. The summed E-state index contributed by atoms with van der Waals surface area (Å²) in [6.45, 7) is 5.23. The summed E-state index contributed by atoms with van der Waals surface area (Å²) in [5.74, 6) is 0.822. The molecule has 5 nitrogen and oxygen atoms in total. The van der Waals surface area contributed by atoms with Gasteiger partial charge in [-0.1, -0.05) is 33.1 Å². The maximum Gasteiger partial charge on any atom is 0.294 e. The van der Waals surface area contributed by atoms with Crippen molar-refractivity contribution >= 4 is 5.95 Å². The van der Waals surface area contributed by atoms with E-state index in [4.69, 9.17) is 5.11 Å². The van der Waals surface area contributed by atoms with Crippen molar-refractivity contribution in [1.29, 1.82) is 0 Å². The molecule has 1 heterocycles. The molecule has 96 valence electrons. The number of nitrogens with zero attached hydrogens (tertiary/aromatic N) is 1. The first-order valence-electron chi connectivity index (χ1n) is 6.11. The third-order valence-corrected chi connectivity index (χ3v) is 2.53. The average molecular weight is 239 g/mol.